The van der Waals surface area contributed by atoms with Crippen LogP contribution >= 0.6 is 0 Å². The molecule has 0 atom stereocenters. The molecule has 8 nitrogen and oxygen atoms in total. The Bertz CT molecular complexity index is 679. The maximum atomic E-state index is 11.4. The molecule has 0 aromatic heterocycles. The summed E-state index contributed by atoms with van der Waals surface area (Å²) in [6.45, 7) is 6.35. The third-order valence-electron chi connectivity index (χ3n) is 5.47. The van der Waals surface area contributed by atoms with Crippen molar-refractivity contribution in [3.8, 4) is 0 Å². The van der Waals surface area contributed by atoms with E-state index in [0.29, 0.717) is 24.8 Å². The van der Waals surface area contributed by atoms with Crippen LogP contribution in [0.4, 0.5) is 17.1 Å². The highest BCUT2D eigenvalue weighted by Crippen LogP contribution is 2.30. The van der Waals surface area contributed by atoms with Crippen molar-refractivity contribution in [1.82, 2.24) is 0 Å². The summed E-state index contributed by atoms with van der Waals surface area (Å²) >= 11 is 0. The molecular formula is C17H24N5O3+. The third kappa shape index (κ3) is 3.45. The lowest BCUT2D eigenvalue weighted by Gasteiger charge is -2.36. The van der Waals surface area contributed by atoms with Crippen LogP contribution < -0.4 is 15.2 Å². The first kappa shape index (κ1) is 16.3. The molecule has 134 valence electrons. The molecule has 0 radical (unpaired) electrons. The molecule has 0 saturated carbocycles. The van der Waals surface area contributed by atoms with Crippen molar-refractivity contribution in [2.45, 2.75) is 12.8 Å². The quantitative estimate of drug-likeness (QED) is 0.613. The summed E-state index contributed by atoms with van der Waals surface area (Å²) in [6, 6.07) is 5.21. The van der Waals surface area contributed by atoms with Gasteiger partial charge in [0.1, 0.15) is 12.2 Å². The van der Waals surface area contributed by atoms with Gasteiger partial charge in [0.05, 0.1) is 36.9 Å². The number of nitro benzene ring substituents is 1. The number of nitrogens with one attached hydrogen (secondary N) is 2. The lowest BCUT2D eigenvalue weighted by molar-refractivity contribution is -0.902. The molecule has 25 heavy (non-hydrogen) atoms. The Labute approximate surface area is 146 Å². The lowest BCUT2D eigenvalue weighted by atomic mass is 9.87. The van der Waals surface area contributed by atoms with Gasteiger partial charge in [-0.3, -0.25) is 15.5 Å². The molecule has 1 aromatic carbocycles. The van der Waals surface area contributed by atoms with Gasteiger partial charge in [0.15, 0.2) is 0 Å². The van der Waals surface area contributed by atoms with Crippen LogP contribution in [-0.4, -0.2) is 56.6 Å². The summed E-state index contributed by atoms with van der Waals surface area (Å²) in [5.74, 6) is 0.534. The van der Waals surface area contributed by atoms with E-state index in [4.69, 9.17) is 4.74 Å². The van der Waals surface area contributed by atoms with E-state index in [-0.39, 0.29) is 10.6 Å². The minimum atomic E-state index is -0.354. The molecule has 4 aliphatic heterocycles. The predicted octanol–water partition coefficient (Wildman–Crippen LogP) is 0.508. The number of anilines is 2. The molecule has 2 bridgehead atoms. The zero-order chi connectivity index (χ0) is 17.2. The van der Waals surface area contributed by atoms with Gasteiger partial charge in [-0.15, -0.1) is 0 Å². The topological polar surface area (TPSA) is 84.4 Å². The monoisotopic (exact) mass is 346 g/mol. The van der Waals surface area contributed by atoms with Crippen molar-refractivity contribution in [1.29, 1.82) is 0 Å². The summed E-state index contributed by atoms with van der Waals surface area (Å²) in [7, 11) is 0. The van der Waals surface area contributed by atoms with Crippen LogP contribution in [0.1, 0.15) is 12.8 Å². The van der Waals surface area contributed by atoms with Gasteiger partial charge in [0.25, 0.3) is 5.69 Å². The Kier molecular flexibility index (Phi) is 4.54. The largest absolute Gasteiger partial charge is 0.378 e. The molecule has 4 heterocycles. The summed E-state index contributed by atoms with van der Waals surface area (Å²) in [6.07, 6.45) is 2.34. The van der Waals surface area contributed by atoms with E-state index >= 15 is 0 Å². The highest BCUT2D eigenvalue weighted by atomic mass is 16.6. The van der Waals surface area contributed by atoms with Crippen molar-refractivity contribution in [2.24, 2.45) is 11.0 Å². The van der Waals surface area contributed by atoms with Gasteiger partial charge in [0, 0.05) is 43.6 Å². The SMILES string of the molecule is O=[N+]([O-])c1ccc(N2CCOCC2)cc1N/N=C1/C[NH+]2CCC1CC2. The predicted molar refractivity (Wildman–Crippen MR) is 95.5 cm³/mol. The Morgan fingerprint density at radius 3 is 2.68 bits per heavy atom. The van der Waals surface area contributed by atoms with Crippen molar-refractivity contribution >= 4 is 22.8 Å². The molecule has 0 amide bonds. The van der Waals surface area contributed by atoms with Gasteiger partial charge in [-0.2, -0.15) is 5.10 Å². The average molecular weight is 346 g/mol. The summed E-state index contributed by atoms with van der Waals surface area (Å²) < 4.78 is 5.38. The van der Waals surface area contributed by atoms with Crippen LogP contribution in [-0.2, 0) is 4.74 Å². The van der Waals surface area contributed by atoms with Crippen LogP contribution in [0.3, 0.4) is 0 Å². The Morgan fingerprint density at radius 1 is 1.28 bits per heavy atom. The van der Waals surface area contributed by atoms with Crippen LogP contribution in [0.15, 0.2) is 23.3 Å². The number of fused-ring (bicyclic) bond motifs is 3. The molecule has 8 heteroatoms. The third-order valence-corrected chi connectivity index (χ3v) is 5.47. The number of nitrogens with zero attached hydrogens (tertiary/aromatic N) is 3. The van der Waals surface area contributed by atoms with E-state index in [0.717, 1.165) is 31.0 Å². The van der Waals surface area contributed by atoms with E-state index < -0.39 is 0 Å². The second-order valence-electron chi connectivity index (χ2n) is 6.97. The number of hydrazone groups is 1. The number of morpholine rings is 1. The van der Waals surface area contributed by atoms with Crippen molar-refractivity contribution in [2.75, 3.05) is 56.3 Å². The van der Waals surface area contributed by atoms with Crippen LogP contribution in [0, 0.1) is 16.0 Å². The molecule has 0 aliphatic carbocycles. The van der Waals surface area contributed by atoms with Crippen LogP contribution in [0.5, 0.6) is 0 Å². The Balaban J connectivity index is 1.57. The second-order valence-corrected chi connectivity index (χ2v) is 6.97. The zero-order valence-electron chi connectivity index (χ0n) is 14.2. The van der Waals surface area contributed by atoms with Gasteiger partial charge in [-0.25, -0.2) is 0 Å². The minimum Gasteiger partial charge on any atom is -0.378 e. The Morgan fingerprint density at radius 2 is 2.04 bits per heavy atom. The molecule has 4 saturated heterocycles. The lowest BCUT2D eigenvalue weighted by Crippen LogP contribution is -3.16. The maximum absolute atomic E-state index is 11.4. The molecule has 0 unspecified atom stereocenters. The summed E-state index contributed by atoms with van der Waals surface area (Å²) in [5, 5.41) is 15.9. The fourth-order valence-electron chi connectivity index (χ4n) is 3.99. The Hall–Kier alpha value is -2.19. The second kappa shape index (κ2) is 6.97. The molecule has 4 aliphatic rings. The van der Waals surface area contributed by atoms with Crippen molar-refractivity contribution in [3.05, 3.63) is 28.3 Å². The fraction of sp³-hybridized carbons (Fsp3) is 0.588. The van der Waals surface area contributed by atoms with Gasteiger partial charge in [0.2, 0.25) is 0 Å². The number of rotatable bonds is 4. The van der Waals surface area contributed by atoms with Crippen molar-refractivity contribution < 1.29 is 14.6 Å². The standard InChI is InChI=1S/C17H23N5O3/c23-22(24)17-2-1-14(21-7-9-25-10-8-21)11-15(17)18-19-16-12-20-5-3-13(16)4-6-20/h1-2,11,13,18H,3-10,12H2/p+1/b19-16-. The molecule has 2 N–H and O–H groups in total. The first-order chi connectivity index (χ1) is 12.2. The number of benzene rings is 1. The number of hydrogen-bond acceptors (Lipinski definition) is 6. The summed E-state index contributed by atoms with van der Waals surface area (Å²) in [4.78, 5) is 14.8. The summed E-state index contributed by atoms with van der Waals surface area (Å²) in [5.41, 5.74) is 5.65. The van der Waals surface area contributed by atoms with Gasteiger partial charge < -0.3 is 14.5 Å². The van der Waals surface area contributed by atoms with Gasteiger partial charge >= 0.3 is 0 Å². The normalized spacial score (nSPS) is 27.5. The maximum Gasteiger partial charge on any atom is 0.294 e. The number of nitro groups is 1. The minimum absolute atomic E-state index is 0.0648. The molecular weight excluding hydrogens is 322 g/mol. The van der Waals surface area contributed by atoms with E-state index in [2.05, 4.69) is 15.4 Å². The number of ether oxygens (including phenoxy) is 1. The highest BCUT2D eigenvalue weighted by molar-refractivity contribution is 5.89. The number of quaternary nitrogens is 1. The highest BCUT2D eigenvalue weighted by Gasteiger charge is 2.34. The van der Waals surface area contributed by atoms with E-state index in [1.165, 1.54) is 25.9 Å². The smallest absolute Gasteiger partial charge is 0.294 e. The molecule has 5 rings (SSSR count). The fourth-order valence-corrected chi connectivity index (χ4v) is 3.99. The van der Waals surface area contributed by atoms with Gasteiger partial charge in [-0.05, 0) is 12.1 Å². The van der Waals surface area contributed by atoms with E-state index in [9.17, 15) is 10.1 Å². The van der Waals surface area contributed by atoms with Crippen LogP contribution in [0.2, 0.25) is 0 Å². The first-order valence-corrected chi connectivity index (χ1v) is 8.98. The van der Waals surface area contributed by atoms with Crippen molar-refractivity contribution in [3.63, 3.8) is 0 Å². The first-order valence-electron chi connectivity index (χ1n) is 8.98. The molecule has 1 aromatic rings. The van der Waals surface area contributed by atoms with E-state index in [1.54, 1.807) is 17.0 Å². The molecule has 4 fully saturated rings. The molecule has 0 spiro atoms. The van der Waals surface area contributed by atoms with E-state index in [1.807, 2.05) is 6.07 Å². The number of piperidine rings is 3. The average Bonchev–Trinajstić information content (AvgIpc) is 2.67. The van der Waals surface area contributed by atoms with Gasteiger partial charge in [-0.1, -0.05) is 0 Å². The number of hydrogen-bond donors (Lipinski definition) is 2. The van der Waals surface area contributed by atoms with Crippen LogP contribution in [0.25, 0.3) is 0 Å². The zero-order valence-corrected chi connectivity index (χ0v) is 14.2.